The number of hydrogen-bond donors (Lipinski definition) is 1. The molecular formula is C17H14F3N5O2. The van der Waals surface area contributed by atoms with Crippen LogP contribution in [0.2, 0.25) is 0 Å². The number of aryl methyl sites for hydroxylation is 1. The summed E-state index contributed by atoms with van der Waals surface area (Å²) < 4.78 is 44.7. The van der Waals surface area contributed by atoms with E-state index >= 15 is 0 Å². The second kappa shape index (κ2) is 7.44. The van der Waals surface area contributed by atoms with Crippen LogP contribution in [0.1, 0.15) is 5.56 Å². The molecule has 0 atom stereocenters. The number of nitrogens with zero attached hydrogens (tertiary/aromatic N) is 4. The first-order chi connectivity index (χ1) is 12.8. The van der Waals surface area contributed by atoms with E-state index in [1.165, 1.54) is 16.8 Å². The van der Waals surface area contributed by atoms with E-state index in [0.29, 0.717) is 17.1 Å². The molecule has 0 spiro atoms. The SMILES string of the molecule is Cn1nnnc1-c1cccc(NC(=O)COc2cccc(C(F)(F)F)c2)c1. The molecule has 1 aromatic heterocycles. The number of amides is 1. The molecule has 1 N–H and O–H groups in total. The van der Waals surface area contributed by atoms with E-state index < -0.39 is 24.3 Å². The van der Waals surface area contributed by atoms with E-state index in [1.54, 1.807) is 31.3 Å². The van der Waals surface area contributed by atoms with Crippen LogP contribution in [0.15, 0.2) is 48.5 Å². The van der Waals surface area contributed by atoms with Crippen LogP contribution in [0.4, 0.5) is 18.9 Å². The Morgan fingerprint density at radius 3 is 2.67 bits per heavy atom. The zero-order valence-corrected chi connectivity index (χ0v) is 14.1. The molecule has 0 fully saturated rings. The molecule has 0 aliphatic rings. The van der Waals surface area contributed by atoms with Gasteiger partial charge in [-0.25, -0.2) is 4.68 Å². The van der Waals surface area contributed by atoms with Crippen molar-refractivity contribution in [3.63, 3.8) is 0 Å². The molecule has 7 nitrogen and oxygen atoms in total. The number of nitrogens with one attached hydrogen (secondary N) is 1. The Balaban J connectivity index is 1.63. The van der Waals surface area contributed by atoms with Gasteiger partial charge in [0.15, 0.2) is 12.4 Å². The summed E-state index contributed by atoms with van der Waals surface area (Å²) in [7, 11) is 1.68. The standard InChI is InChI=1S/C17H14F3N5O2/c1-25-16(22-23-24-25)11-4-2-6-13(8-11)21-15(26)10-27-14-7-3-5-12(9-14)17(18,19)20/h2-9H,10H2,1H3,(H,21,26). The van der Waals surface area contributed by atoms with Crippen molar-refractivity contribution < 1.29 is 22.7 Å². The summed E-state index contributed by atoms with van der Waals surface area (Å²) in [6.07, 6.45) is -4.48. The zero-order valence-electron chi connectivity index (χ0n) is 14.1. The molecule has 0 radical (unpaired) electrons. The quantitative estimate of drug-likeness (QED) is 0.739. The fourth-order valence-corrected chi connectivity index (χ4v) is 2.32. The van der Waals surface area contributed by atoms with Crippen molar-refractivity contribution in [1.29, 1.82) is 0 Å². The molecule has 0 unspecified atom stereocenters. The van der Waals surface area contributed by atoms with Crippen LogP contribution in [0.25, 0.3) is 11.4 Å². The fraction of sp³-hybridized carbons (Fsp3) is 0.176. The third-order valence-corrected chi connectivity index (χ3v) is 3.56. The molecule has 0 aliphatic heterocycles. The molecular weight excluding hydrogens is 363 g/mol. The molecule has 140 valence electrons. The summed E-state index contributed by atoms with van der Waals surface area (Å²) in [6.45, 7) is -0.433. The van der Waals surface area contributed by atoms with Crippen molar-refractivity contribution in [2.24, 2.45) is 7.05 Å². The van der Waals surface area contributed by atoms with Crippen molar-refractivity contribution in [3.05, 3.63) is 54.1 Å². The fourth-order valence-electron chi connectivity index (χ4n) is 2.32. The number of aromatic nitrogens is 4. The van der Waals surface area contributed by atoms with Gasteiger partial charge in [-0.3, -0.25) is 4.79 Å². The van der Waals surface area contributed by atoms with Gasteiger partial charge in [0.2, 0.25) is 0 Å². The normalized spacial score (nSPS) is 11.3. The Hall–Kier alpha value is -3.43. The van der Waals surface area contributed by atoms with E-state index in [9.17, 15) is 18.0 Å². The van der Waals surface area contributed by atoms with Crippen LogP contribution < -0.4 is 10.1 Å². The van der Waals surface area contributed by atoms with Crippen LogP contribution in [-0.2, 0) is 18.0 Å². The Morgan fingerprint density at radius 1 is 1.19 bits per heavy atom. The molecule has 3 aromatic rings. The number of benzene rings is 2. The topological polar surface area (TPSA) is 81.9 Å². The zero-order chi connectivity index (χ0) is 19.4. The molecule has 1 amide bonds. The van der Waals surface area contributed by atoms with Gasteiger partial charge >= 0.3 is 6.18 Å². The Bertz CT molecular complexity index is 955. The maximum absolute atomic E-state index is 12.7. The van der Waals surface area contributed by atoms with Gasteiger partial charge in [0.05, 0.1) is 5.56 Å². The molecule has 1 heterocycles. The highest BCUT2D eigenvalue weighted by Gasteiger charge is 2.30. The number of tetrazole rings is 1. The minimum atomic E-state index is -4.48. The Morgan fingerprint density at radius 2 is 1.96 bits per heavy atom. The average Bonchev–Trinajstić information content (AvgIpc) is 3.06. The summed E-state index contributed by atoms with van der Waals surface area (Å²) in [4.78, 5) is 12.0. The van der Waals surface area contributed by atoms with Gasteiger partial charge in [-0.15, -0.1) is 5.10 Å². The number of carbonyl (C=O) groups is 1. The second-order valence-corrected chi connectivity index (χ2v) is 5.57. The van der Waals surface area contributed by atoms with Crippen LogP contribution in [0.3, 0.4) is 0 Å². The van der Waals surface area contributed by atoms with Crippen LogP contribution in [0.5, 0.6) is 5.75 Å². The van der Waals surface area contributed by atoms with E-state index in [1.807, 2.05) is 0 Å². The minimum Gasteiger partial charge on any atom is -0.484 e. The van der Waals surface area contributed by atoms with Crippen LogP contribution >= 0.6 is 0 Å². The first kappa shape index (κ1) is 18.4. The maximum Gasteiger partial charge on any atom is 0.416 e. The summed E-state index contributed by atoms with van der Waals surface area (Å²) in [5.74, 6) is -0.0362. The number of anilines is 1. The molecule has 0 bridgehead atoms. The molecule has 3 rings (SSSR count). The summed E-state index contributed by atoms with van der Waals surface area (Å²) in [5.41, 5.74) is 0.331. The van der Waals surface area contributed by atoms with E-state index in [0.717, 1.165) is 12.1 Å². The van der Waals surface area contributed by atoms with E-state index in [4.69, 9.17) is 4.74 Å². The van der Waals surface area contributed by atoms with Gasteiger partial charge in [0.25, 0.3) is 5.91 Å². The van der Waals surface area contributed by atoms with Gasteiger partial charge < -0.3 is 10.1 Å². The number of carbonyl (C=O) groups excluding carboxylic acids is 1. The van der Waals surface area contributed by atoms with E-state index in [2.05, 4.69) is 20.8 Å². The highest BCUT2D eigenvalue weighted by molar-refractivity contribution is 5.92. The highest BCUT2D eigenvalue weighted by atomic mass is 19.4. The smallest absolute Gasteiger partial charge is 0.416 e. The number of alkyl halides is 3. The predicted octanol–water partition coefficient (Wildman–Crippen LogP) is 2.91. The molecule has 0 saturated carbocycles. The Labute approximate surface area is 151 Å². The highest BCUT2D eigenvalue weighted by Crippen LogP contribution is 2.31. The van der Waals surface area contributed by atoms with E-state index in [-0.39, 0.29) is 5.75 Å². The summed E-state index contributed by atoms with van der Waals surface area (Å²) in [5, 5.41) is 13.8. The van der Waals surface area contributed by atoms with Crippen LogP contribution in [0, 0.1) is 0 Å². The van der Waals surface area contributed by atoms with Crippen molar-refractivity contribution in [1.82, 2.24) is 20.2 Å². The van der Waals surface area contributed by atoms with Gasteiger partial charge in [0.1, 0.15) is 5.75 Å². The molecule has 0 aliphatic carbocycles. The lowest BCUT2D eigenvalue weighted by Crippen LogP contribution is -2.20. The summed E-state index contributed by atoms with van der Waals surface area (Å²) >= 11 is 0. The first-order valence-electron chi connectivity index (χ1n) is 7.75. The van der Waals surface area contributed by atoms with Gasteiger partial charge in [0, 0.05) is 18.3 Å². The van der Waals surface area contributed by atoms with Crippen LogP contribution in [-0.4, -0.2) is 32.7 Å². The van der Waals surface area contributed by atoms with Gasteiger partial charge in [-0.05, 0) is 40.8 Å². The lowest BCUT2D eigenvalue weighted by Gasteiger charge is -2.11. The second-order valence-electron chi connectivity index (χ2n) is 5.57. The summed E-state index contributed by atoms with van der Waals surface area (Å²) in [6, 6.07) is 11.2. The lowest BCUT2D eigenvalue weighted by atomic mass is 10.2. The molecule has 2 aromatic carbocycles. The Kier molecular flexibility index (Phi) is 5.06. The predicted molar refractivity (Wildman–Crippen MR) is 89.8 cm³/mol. The third kappa shape index (κ3) is 4.60. The number of hydrogen-bond acceptors (Lipinski definition) is 5. The minimum absolute atomic E-state index is 0.0427. The van der Waals surface area contributed by atoms with Crippen molar-refractivity contribution in [2.75, 3.05) is 11.9 Å². The third-order valence-electron chi connectivity index (χ3n) is 3.56. The number of halogens is 3. The van der Waals surface area contributed by atoms with Gasteiger partial charge in [-0.1, -0.05) is 18.2 Å². The molecule has 10 heteroatoms. The van der Waals surface area contributed by atoms with Crippen molar-refractivity contribution in [2.45, 2.75) is 6.18 Å². The van der Waals surface area contributed by atoms with Crippen molar-refractivity contribution >= 4 is 11.6 Å². The lowest BCUT2D eigenvalue weighted by molar-refractivity contribution is -0.137. The van der Waals surface area contributed by atoms with Gasteiger partial charge in [-0.2, -0.15) is 13.2 Å². The first-order valence-corrected chi connectivity index (χ1v) is 7.75. The molecule has 0 saturated heterocycles. The number of rotatable bonds is 5. The monoisotopic (exact) mass is 377 g/mol. The largest absolute Gasteiger partial charge is 0.484 e. The number of ether oxygens (including phenoxy) is 1. The molecule has 27 heavy (non-hydrogen) atoms. The van der Waals surface area contributed by atoms with Crippen molar-refractivity contribution in [3.8, 4) is 17.1 Å². The average molecular weight is 377 g/mol. The maximum atomic E-state index is 12.7.